The summed E-state index contributed by atoms with van der Waals surface area (Å²) in [5, 5.41) is 3.49. The van der Waals surface area contributed by atoms with Crippen LogP contribution in [0.2, 0.25) is 10.0 Å². The number of aryl methyl sites for hydroxylation is 1. The number of ether oxygens (including phenoxy) is 1. The van der Waals surface area contributed by atoms with Gasteiger partial charge in [-0.1, -0.05) is 35.3 Å². The number of nitrogens with zero attached hydrogens (tertiary/aromatic N) is 1. The fourth-order valence-electron chi connectivity index (χ4n) is 2.93. The van der Waals surface area contributed by atoms with Crippen LogP contribution in [0.3, 0.4) is 0 Å². The zero-order chi connectivity index (χ0) is 22.6. The number of carbonyl (C=O) groups excluding carboxylic acids is 1. The van der Waals surface area contributed by atoms with Crippen LogP contribution in [0.4, 0.5) is 11.4 Å². The van der Waals surface area contributed by atoms with Gasteiger partial charge in [0.15, 0.2) is 0 Å². The van der Waals surface area contributed by atoms with Gasteiger partial charge in [0.05, 0.1) is 23.4 Å². The minimum absolute atomic E-state index is 0.0199. The van der Waals surface area contributed by atoms with E-state index in [1.165, 1.54) is 37.4 Å². The van der Waals surface area contributed by atoms with Gasteiger partial charge in [-0.15, -0.1) is 0 Å². The molecule has 0 unspecified atom stereocenters. The lowest BCUT2D eigenvalue weighted by atomic mass is 10.2. The maximum Gasteiger partial charge on any atom is 0.264 e. The molecule has 0 aromatic heterocycles. The second-order valence-electron chi connectivity index (χ2n) is 6.70. The Balaban J connectivity index is 1.97. The van der Waals surface area contributed by atoms with Crippen molar-refractivity contribution in [2.45, 2.75) is 11.8 Å². The standard InChI is InChI=1S/C22H20Cl2N2O4S/c1-15-4-3-5-18(12-15)26(31(28,29)19-9-6-16(23)7-10-19)14-22(27)25-20-13-17(24)8-11-21(20)30-2/h3-13H,14H2,1-2H3,(H,25,27). The average Bonchev–Trinajstić information content (AvgIpc) is 2.72. The predicted octanol–water partition coefficient (Wildman–Crippen LogP) is 5.14. The molecule has 162 valence electrons. The minimum atomic E-state index is -4.04. The lowest BCUT2D eigenvalue weighted by molar-refractivity contribution is -0.114. The van der Waals surface area contributed by atoms with Crippen molar-refractivity contribution in [3.05, 3.63) is 82.3 Å². The van der Waals surface area contributed by atoms with E-state index in [2.05, 4.69) is 5.32 Å². The Bertz CT molecular complexity index is 1200. The normalized spacial score (nSPS) is 11.1. The van der Waals surface area contributed by atoms with Gasteiger partial charge in [0, 0.05) is 10.0 Å². The van der Waals surface area contributed by atoms with Crippen LogP contribution < -0.4 is 14.4 Å². The van der Waals surface area contributed by atoms with Crippen molar-refractivity contribution in [1.82, 2.24) is 0 Å². The lowest BCUT2D eigenvalue weighted by Crippen LogP contribution is -2.38. The van der Waals surface area contributed by atoms with Gasteiger partial charge in [-0.3, -0.25) is 9.10 Å². The molecule has 0 saturated heterocycles. The van der Waals surface area contributed by atoms with Crippen molar-refractivity contribution < 1.29 is 17.9 Å². The smallest absolute Gasteiger partial charge is 0.264 e. The summed E-state index contributed by atoms with van der Waals surface area (Å²) in [4.78, 5) is 12.9. The monoisotopic (exact) mass is 478 g/mol. The molecule has 3 aromatic carbocycles. The molecule has 6 nitrogen and oxygen atoms in total. The van der Waals surface area contributed by atoms with Crippen LogP contribution in [0.5, 0.6) is 5.75 Å². The fraction of sp³-hybridized carbons (Fsp3) is 0.136. The molecule has 0 bridgehead atoms. The first kappa shape index (κ1) is 22.9. The van der Waals surface area contributed by atoms with E-state index in [1.807, 2.05) is 13.0 Å². The minimum Gasteiger partial charge on any atom is -0.495 e. The summed E-state index contributed by atoms with van der Waals surface area (Å²) >= 11 is 11.9. The Morgan fingerprint density at radius 1 is 1.00 bits per heavy atom. The summed E-state index contributed by atoms with van der Waals surface area (Å²) in [5.41, 5.74) is 1.56. The molecule has 3 aromatic rings. The molecule has 0 saturated carbocycles. The zero-order valence-corrected chi connectivity index (χ0v) is 19.1. The molecule has 0 heterocycles. The molecule has 0 fully saturated rings. The number of nitrogens with one attached hydrogen (secondary N) is 1. The Labute approximate surface area is 191 Å². The van der Waals surface area contributed by atoms with E-state index in [1.54, 1.807) is 30.3 Å². The molecule has 1 amide bonds. The quantitative estimate of drug-likeness (QED) is 0.509. The van der Waals surface area contributed by atoms with E-state index in [0.717, 1.165) is 9.87 Å². The zero-order valence-electron chi connectivity index (χ0n) is 16.8. The van der Waals surface area contributed by atoms with Crippen LogP contribution in [0.25, 0.3) is 0 Å². The number of rotatable bonds is 7. The van der Waals surface area contributed by atoms with Crippen molar-refractivity contribution in [1.29, 1.82) is 0 Å². The number of halogens is 2. The predicted molar refractivity (Wildman–Crippen MR) is 124 cm³/mol. The number of hydrogen-bond acceptors (Lipinski definition) is 4. The Morgan fingerprint density at radius 3 is 2.32 bits per heavy atom. The summed E-state index contributed by atoms with van der Waals surface area (Å²) in [5.74, 6) is -0.153. The Morgan fingerprint density at radius 2 is 1.68 bits per heavy atom. The summed E-state index contributed by atoms with van der Waals surface area (Å²) in [6.07, 6.45) is 0. The molecule has 0 aliphatic rings. The van der Waals surface area contributed by atoms with Crippen molar-refractivity contribution in [3.8, 4) is 5.75 Å². The maximum atomic E-state index is 13.4. The highest BCUT2D eigenvalue weighted by molar-refractivity contribution is 7.92. The second-order valence-corrected chi connectivity index (χ2v) is 9.43. The molecule has 31 heavy (non-hydrogen) atoms. The Kier molecular flexibility index (Phi) is 7.10. The topological polar surface area (TPSA) is 75.7 Å². The molecule has 9 heteroatoms. The van der Waals surface area contributed by atoms with Crippen LogP contribution >= 0.6 is 23.2 Å². The third-order valence-corrected chi connectivity index (χ3v) is 6.69. The first-order chi connectivity index (χ1) is 14.7. The highest BCUT2D eigenvalue weighted by Crippen LogP contribution is 2.29. The number of anilines is 2. The third kappa shape index (κ3) is 5.50. The van der Waals surface area contributed by atoms with Gasteiger partial charge in [-0.2, -0.15) is 0 Å². The molecule has 3 rings (SSSR count). The van der Waals surface area contributed by atoms with Crippen molar-refractivity contribution in [3.63, 3.8) is 0 Å². The first-order valence-electron chi connectivity index (χ1n) is 9.19. The van der Waals surface area contributed by atoms with Gasteiger partial charge in [0.2, 0.25) is 5.91 Å². The van der Waals surface area contributed by atoms with Crippen molar-refractivity contribution in [2.75, 3.05) is 23.3 Å². The SMILES string of the molecule is COc1ccc(Cl)cc1NC(=O)CN(c1cccc(C)c1)S(=O)(=O)c1ccc(Cl)cc1. The van der Waals surface area contributed by atoms with Gasteiger partial charge in [-0.05, 0) is 67.1 Å². The number of hydrogen-bond donors (Lipinski definition) is 1. The van der Waals surface area contributed by atoms with Gasteiger partial charge in [0.25, 0.3) is 10.0 Å². The third-order valence-electron chi connectivity index (χ3n) is 4.41. The van der Waals surface area contributed by atoms with Gasteiger partial charge in [0.1, 0.15) is 12.3 Å². The van der Waals surface area contributed by atoms with E-state index in [0.29, 0.717) is 27.2 Å². The molecule has 0 aliphatic heterocycles. The molecule has 1 N–H and O–H groups in total. The maximum absolute atomic E-state index is 13.4. The van der Waals surface area contributed by atoms with E-state index in [9.17, 15) is 13.2 Å². The van der Waals surface area contributed by atoms with Crippen LogP contribution in [0.15, 0.2) is 71.6 Å². The summed E-state index contributed by atoms with van der Waals surface area (Å²) in [6, 6.07) is 17.4. The number of carbonyl (C=O) groups is 1. The number of benzene rings is 3. The summed E-state index contributed by atoms with van der Waals surface area (Å²) in [6.45, 7) is 1.39. The summed E-state index contributed by atoms with van der Waals surface area (Å²) in [7, 11) is -2.58. The van der Waals surface area contributed by atoms with Gasteiger partial charge < -0.3 is 10.1 Å². The highest BCUT2D eigenvalue weighted by Gasteiger charge is 2.27. The molecule has 0 spiro atoms. The van der Waals surface area contributed by atoms with Gasteiger partial charge >= 0.3 is 0 Å². The second kappa shape index (κ2) is 9.60. The highest BCUT2D eigenvalue weighted by atomic mass is 35.5. The Hall–Kier alpha value is -2.74. The number of methoxy groups -OCH3 is 1. The number of sulfonamides is 1. The average molecular weight is 479 g/mol. The van der Waals surface area contributed by atoms with E-state index < -0.39 is 22.5 Å². The summed E-state index contributed by atoms with van der Waals surface area (Å²) < 4.78 is 33.0. The van der Waals surface area contributed by atoms with Crippen LogP contribution in [0, 0.1) is 6.92 Å². The molecular weight excluding hydrogens is 459 g/mol. The van der Waals surface area contributed by atoms with Gasteiger partial charge in [-0.25, -0.2) is 8.42 Å². The van der Waals surface area contributed by atoms with E-state index >= 15 is 0 Å². The van der Waals surface area contributed by atoms with E-state index in [4.69, 9.17) is 27.9 Å². The molecular formula is C22H20Cl2N2O4S. The van der Waals surface area contributed by atoms with Crippen molar-refractivity contribution in [2.24, 2.45) is 0 Å². The first-order valence-corrected chi connectivity index (χ1v) is 11.4. The van der Waals surface area contributed by atoms with E-state index in [-0.39, 0.29) is 4.90 Å². The lowest BCUT2D eigenvalue weighted by Gasteiger charge is -2.24. The molecule has 0 atom stereocenters. The largest absolute Gasteiger partial charge is 0.495 e. The van der Waals surface area contributed by atoms with Crippen LogP contribution in [0.1, 0.15) is 5.56 Å². The van der Waals surface area contributed by atoms with Crippen molar-refractivity contribution >= 4 is 50.5 Å². The molecule has 0 aliphatic carbocycles. The fourth-order valence-corrected chi connectivity index (χ4v) is 4.64. The van der Waals surface area contributed by atoms with Crippen LogP contribution in [-0.4, -0.2) is 28.0 Å². The molecule has 0 radical (unpaired) electrons. The van der Waals surface area contributed by atoms with Crippen LogP contribution in [-0.2, 0) is 14.8 Å². The number of amides is 1.